The molecule has 0 bridgehead atoms. The number of phenols is 1. The fourth-order valence-corrected chi connectivity index (χ4v) is 1.73. The molecule has 0 aliphatic rings. The summed E-state index contributed by atoms with van der Waals surface area (Å²) >= 11 is 0. The van der Waals surface area contributed by atoms with E-state index in [0.29, 0.717) is 5.92 Å². The van der Waals surface area contributed by atoms with Crippen molar-refractivity contribution in [2.75, 3.05) is 0 Å². The van der Waals surface area contributed by atoms with E-state index in [-0.39, 0.29) is 17.4 Å². The summed E-state index contributed by atoms with van der Waals surface area (Å²) in [6.45, 7) is 6.05. The lowest BCUT2D eigenvalue weighted by Crippen LogP contribution is -2.18. The Bertz CT molecular complexity index is 429. The molecule has 0 radical (unpaired) electrons. The first-order valence-corrected chi connectivity index (χ1v) is 6.60. The van der Waals surface area contributed by atoms with Crippen LogP contribution in [0.25, 0.3) is 0 Å². The van der Waals surface area contributed by atoms with E-state index in [0.717, 1.165) is 25.3 Å². The SMILES string of the molecule is CC(C)CCCC(C)C(=O)Oc1ccc(O)cc1F. The molecule has 1 unspecified atom stereocenters. The molecule has 1 aromatic carbocycles. The number of ether oxygens (including phenoxy) is 1. The Morgan fingerprint density at radius 2 is 2.00 bits per heavy atom. The number of esters is 1. The van der Waals surface area contributed by atoms with Gasteiger partial charge in [0.05, 0.1) is 5.92 Å². The summed E-state index contributed by atoms with van der Waals surface area (Å²) in [5, 5.41) is 9.07. The molecule has 0 saturated heterocycles. The van der Waals surface area contributed by atoms with Crippen LogP contribution < -0.4 is 4.74 Å². The fourth-order valence-electron chi connectivity index (χ4n) is 1.73. The van der Waals surface area contributed by atoms with Gasteiger partial charge in [-0.25, -0.2) is 4.39 Å². The van der Waals surface area contributed by atoms with E-state index < -0.39 is 11.8 Å². The van der Waals surface area contributed by atoms with Gasteiger partial charge in [0.2, 0.25) is 0 Å². The van der Waals surface area contributed by atoms with Gasteiger partial charge in [0.1, 0.15) is 5.75 Å². The van der Waals surface area contributed by atoms with E-state index in [4.69, 9.17) is 9.84 Å². The van der Waals surface area contributed by atoms with Crippen molar-refractivity contribution in [3.8, 4) is 11.5 Å². The average Bonchev–Trinajstić information content (AvgIpc) is 2.32. The zero-order chi connectivity index (χ0) is 14.4. The molecule has 0 spiro atoms. The van der Waals surface area contributed by atoms with Crippen molar-refractivity contribution in [3.05, 3.63) is 24.0 Å². The number of hydrogen-bond donors (Lipinski definition) is 1. The van der Waals surface area contributed by atoms with Gasteiger partial charge in [-0.2, -0.15) is 0 Å². The van der Waals surface area contributed by atoms with Gasteiger partial charge in [0.25, 0.3) is 0 Å². The van der Waals surface area contributed by atoms with Crippen LogP contribution in [-0.2, 0) is 4.79 Å². The Labute approximate surface area is 113 Å². The number of aromatic hydroxyl groups is 1. The van der Waals surface area contributed by atoms with Crippen LogP contribution in [0.3, 0.4) is 0 Å². The number of carbonyl (C=O) groups excluding carboxylic acids is 1. The third-order valence-electron chi connectivity index (χ3n) is 2.95. The summed E-state index contributed by atoms with van der Waals surface area (Å²) in [6.07, 6.45) is 2.74. The quantitative estimate of drug-likeness (QED) is 0.628. The van der Waals surface area contributed by atoms with Crippen LogP contribution in [-0.4, -0.2) is 11.1 Å². The molecule has 0 aliphatic heterocycles. The second kappa shape index (κ2) is 7.12. The molecule has 0 saturated carbocycles. The van der Waals surface area contributed by atoms with Gasteiger partial charge in [0.15, 0.2) is 11.6 Å². The topological polar surface area (TPSA) is 46.5 Å². The summed E-state index contributed by atoms with van der Waals surface area (Å²) in [4.78, 5) is 11.8. The molecule has 0 aromatic heterocycles. The van der Waals surface area contributed by atoms with Crippen molar-refractivity contribution in [1.82, 2.24) is 0 Å². The maximum Gasteiger partial charge on any atom is 0.314 e. The first-order chi connectivity index (χ1) is 8.90. The van der Waals surface area contributed by atoms with Crippen molar-refractivity contribution in [2.45, 2.75) is 40.0 Å². The van der Waals surface area contributed by atoms with Gasteiger partial charge in [-0.1, -0.05) is 33.6 Å². The number of benzene rings is 1. The molecule has 19 heavy (non-hydrogen) atoms. The highest BCUT2D eigenvalue weighted by atomic mass is 19.1. The molecule has 0 heterocycles. The minimum Gasteiger partial charge on any atom is -0.508 e. The monoisotopic (exact) mass is 268 g/mol. The van der Waals surface area contributed by atoms with Crippen molar-refractivity contribution in [1.29, 1.82) is 0 Å². The number of phenolic OH excluding ortho intramolecular Hbond substituents is 1. The fraction of sp³-hybridized carbons (Fsp3) is 0.533. The van der Waals surface area contributed by atoms with Crippen LogP contribution in [0.2, 0.25) is 0 Å². The number of halogens is 1. The van der Waals surface area contributed by atoms with Crippen molar-refractivity contribution >= 4 is 5.97 Å². The summed E-state index contributed by atoms with van der Waals surface area (Å²) in [6, 6.07) is 3.46. The first kappa shape index (κ1) is 15.5. The highest BCUT2D eigenvalue weighted by Crippen LogP contribution is 2.23. The Balaban J connectivity index is 2.49. The Morgan fingerprint density at radius 3 is 2.58 bits per heavy atom. The smallest absolute Gasteiger partial charge is 0.314 e. The molecule has 1 atom stereocenters. The van der Waals surface area contributed by atoms with Gasteiger partial charge < -0.3 is 9.84 Å². The summed E-state index contributed by atoms with van der Waals surface area (Å²) in [7, 11) is 0. The molecule has 0 fully saturated rings. The minimum atomic E-state index is -0.734. The summed E-state index contributed by atoms with van der Waals surface area (Å²) < 4.78 is 18.4. The predicted molar refractivity (Wildman–Crippen MR) is 71.6 cm³/mol. The lowest BCUT2D eigenvalue weighted by atomic mass is 10.00. The van der Waals surface area contributed by atoms with E-state index in [2.05, 4.69) is 13.8 Å². The standard InChI is InChI=1S/C15H21FO3/c1-10(2)5-4-6-11(3)15(18)19-14-8-7-12(17)9-13(14)16/h7-11,17H,4-6H2,1-3H3. The van der Waals surface area contributed by atoms with Gasteiger partial charge >= 0.3 is 5.97 Å². The van der Waals surface area contributed by atoms with E-state index >= 15 is 0 Å². The normalized spacial score (nSPS) is 12.5. The van der Waals surface area contributed by atoms with E-state index in [9.17, 15) is 9.18 Å². The van der Waals surface area contributed by atoms with Crippen molar-refractivity contribution in [2.24, 2.45) is 11.8 Å². The Morgan fingerprint density at radius 1 is 1.32 bits per heavy atom. The van der Waals surface area contributed by atoms with Crippen molar-refractivity contribution in [3.63, 3.8) is 0 Å². The molecule has 3 nitrogen and oxygen atoms in total. The maximum atomic E-state index is 13.4. The molecule has 0 amide bonds. The minimum absolute atomic E-state index is 0.140. The van der Waals surface area contributed by atoms with Gasteiger partial charge in [0, 0.05) is 6.07 Å². The van der Waals surface area contributed by atoms with Crippen LogP contribution >= 0.6 is 0 Å². The third-order valence-corrected chi connectivity index (χ3v) is 2.95. The van der Waals surface area contributed by atoms with Crippen molar-refractivity contribution < 1.29 is 19.0 Å². The number of hydrogen-bond acceptors (Lipinski definition) is 3. The lowest BCUT2D eigenvalue weighted by molar-refractivity contribution is -0.138. The molecule has 0 aliphatic carbocycles. The molecular weight excluding hydrogens is 247 g/mol. The third kappa shape index (κ3) is 5.28. The zero-order valence-electron chi connectivity index (χ0n) is 11.6. The number of rotatable bonds is 6. The molecule has 4 heteroatoms. The molecule has 1 N–H and O–H groups in total. The highest BCUT2D eigenvalue weighted by Gasteiger charge is 2.17. The second-order valence-electron chi connectivity index (χ2n) is 5.26. The van der Waals surface area contributed by atoms with Gasteiger partial charge in [-0.05, 0) is 24.5 Å². The first-order valence-electron chi connectivity index (χ1n) is 6.60. The summed E-state index contributed by atoms with van der Waals surface area (Å²) in [5.41, 5.74) is 0. The number of carbonyl (C=O) groups is 1. The van der Waals surface area contributed by atoms with E-state index in [1.54, 1.807) is 6.92 Å². The molecule has 106 valence electrons. The molecule has 1 rings (SSSR count). The Kier molecular flexibility index (Phi) is 5.80. The molecular formula is C15H21FO3. The maximum absolute atomic E-state index is 13.4. The van der Waals surface area contributed by atoms with Crippen LogP contribution in [0.4, 0.5) is 4.39 Å². The van der Waals surface area contributed by atoms with E-state index in [1.807, 2.05) is 0 Å². The highest BCUT2D eigenvalue weighted by molar-refractivity contribution is 5.74. The predicted octanol–water partition coefficient (Wildman–Crippen LogP) is 3.90. The average molecular weight is 268 g/mol. The van der Waals surface area contributed by atoms with Gasteiger partial charge in [-0.15, -0.1) is 0 Å². The van der Waals surface area contributed by atoms with Crippen LogP contribution in [0.15, 0.2) is 18.2 Å². The van der Waals surface area contributed by atoms with Gasteiger partial charge in [-0.3, -0.25) is 4.79 Å². The summed E-state index contributed by atoms with van der Waals surface area (Å²) in [5.74, 6) is -1.15. The molecule has 1 aromatic rings. The largest absolute Gasteiger partial charge is 0.508 e. The lowest BCUT2D eigenvalue weighted by Gasteiger charge is -2.12. The Hall–Kier alpha value is -1.58. The van der Waals surface area contributed by atoms with Crippen LogP contribution in [0.5, 0.6) is 11.5 Å². The zero-order valence-corrected chi connectivity index (χ0v) is 11.6. The second-order valence-corrected chi connectivity index (χ2v) is 5.26. The van der Waals surface area contributed by atoms with Crippen LogP contribution in [0, 0.1) is 17.7 Å². The van der Waals surface area contributed by atoms with Crippen LogP contribution in [0.1, 0.15) is 40.0 Å². The van der Waals surface area contributed by atoms with E-state index in [1.165, 1.54) is 12.1 Å².